The number of thioether (sulfide) groups is 1. The van der Waals surface area contributed by atoms with Crippen LogP contribution < -0.4 is 5.32 Å². The standard InChI is InChI=1S/C15H17N3O2S/c1-9-12(10(2)19)7-11(8-16)15(18-9)21-13-5-3-4-6-17-14(13)20/h7,13H,3-6H2,1-2H3,(H,17,20). The zero-order valence-electron chi connectivity index (χ0n) is 12.1. The van der Waals surface area contributed by atoms with E-state index in [1.54, 1.807) is 13.0 Å². The van der Waals surface area contributed by atoms with Crippen LogP contribution in [-0.2, 0) is 4.79 Å². The van der Waals surface area contributed by atoms with Gasteiger partial charge in [0.2, 0.25) is 5.91 Å². The van der Waals surface area contributed by atoms with E-state index in [0.29, 0.717) is 28.4 Å². The van der Waals surface area contributed by atoms with Gasteiger partial charge in [-0.25, -0.2) is 4.98 Å². The maximum absolute atomic E-state index is 12.0. The van der Waals surface area contributed by atoms with E-state index >= 15 is 0 Å². The first-order valence-corrected chi connectivity index (χ1v) is 7.78. The van der Waals surface area contributed by atoms with Crippen LogP contribution in [0.3, 0.4) is 0 Å². The molecule has 5 nitrogen and oxygen atoms in total. The summed E-state index contributed by atoms with van der Waals surface area (Å²) in [4.78, 5) is 27.9. The molecule has 0 spiro atoms. The third-order valence-corrected chi connectivity index (χ3v) is 4.69. The molecular weight excluding hydrogens is 286 g/mol. The number of rotatable bonds is 3. The minimum absolute atomic E-state index is 0.00325. The van der Waals surface area contributed by atoms with E-state index in [1.807, 2.05) is 0 Å². The summed E-state index contributed by atoms with van der Waals surface area (Å²) >= 11 is 1.31. The average Bonchev–Trinajstić information content (AvgIpc) is 2.64. The Balaban J connectivity index is 2.31. The molecular formula is C15H17N3O2S. The predicted molar refractivity (Wildman–Crippen MR) is 80.2 cm³/mol. The lowest BCUT2D eigenvalue weighted by atomic mass is 10.1. The lowest BCUT2D eigenvalue weighted by Crippen LogP contribution is -2.30. The van der Waals surface area contributed by atoms with Gasteiger partial charge >= 0.3 is 0 Å². The molecule has 0 saturated carbocycles. The number of nitrogens with one attached hydrogen (secondary N) is 1. The number of hydrogen-bond acceptors (Lipinski definition) is 5. The van der Waals surface area contributed by atoms with Crippen LogP contribution in [0.5, 0.6) is 0 Å². The molecule has 1 N–H and O–H groups in total. The highest BCUT2D eigenvalue weighted by atomic mass is 32.2. The summed E-state index contributed by atoms with van der Waals surface area (Å²) in [6.45, 7) is 3.91. The van der Waals surface area contributed by atoms with Crippen molar-refractivity contribution >= 4 is 23.5 Å². The van der Waals surface area contributed by atoms with Crippen molar-refractivity contribution in [2.75, 3.05) is 6.54 Å². The Labute approximate surface area is 128 Å². The first-order valence-electron chi connectivity index (χ1n) is 6.90. The lowest BCUT2D eigenvalue weighted by molar-refractivity contribution is -0.120. The fourth-order valence-electron chi connectivity index (χ4n) is 2.27. The Morgan fingerprint density at radius 3 is 2.95 bits per heavy atom. The number of Topliss-reactive ketones (excluding diaryl/α,β-unsaturated/α-hetero) is 1. The van der Waals surface area contributed by atoms with Crippen LogP contribution in [0, 0.1) is 18.3 Å². The SMILES string of the molecule is CC(=O)c1cc(C#N)c(SC2CCCCNC2=O)nc1C. The number of aromatic nitrogens is 1. The van der Waals surface area contributed by atoms with Gasteiger partial charge < -0.3 is 5.32 Å². The van der Waals surface area contributed by atoms with Gasteiger partial charge in [0.05, 0.1) is 10.8 Å². The molecule has 0 bridgehead atoms. The van der Waals surface area contributed by atoms with Gasteiger partial charge in [0, 0.05) is 17.8 Å². The van der Waals surface area contributed by atoms with E-state index in [9.17, 15) is 14.9 Å². The number of carbonyl (C=O) groups excluding carboxylic acids is 2. The molecule has 1 aliphatic rings. The van der Waals surface area contributed by atoms with Gasteiger partial charge in [-0.05, 0) is 32.8 Å². The Morgan fingerprint density at radius 1 is 1.52 bits per heavy atom. The summed E-state index contributed by atoms with van der Waals surface area (Å²) in [5.74, 6) is -0.114. The molecule has 1 saturated heterocycles. The minimum atomic E-state index is -0.227. The molecule has 6 heteroatoms. The molecule has 1 atom stereocenters. The molecule has 0 aliphatic carbocycles. The van der Waals surface area contributed by atoms with Crippen LogP contribution in [-0.4, -0.2) is 28.5 Å². The van der Waals surface area contributed by atoms with Crippen molar-refractivity contribution in [1.29, 1.82) is 5.26 Å². The van der Waals surface area contributed by atoms with Crippen LogP contribution in [0.15, 0.2) is 11.1 Å². The van der Waals surface area contributed by atoms with Gasteiger partial charge in [0.15, 0.2) is 5.78 Å². The molecule has 1 amide bonds. The second-order valence-corrected chi connectivity index (χ2v) is 6.23. The summed E-state index contributed by atoms with van der Waals surface area (Å²) in [5.41, 5.74) is 1.41. The lowest BCUT2D eigenvalue weighted by Gasteiger charge is -2.14. The molecule has 1 unspecified atom stereocenters. The summed E-state index contributed by atoms with van der Waals surface area (Å²) in [7, 11) is 0. The minimum Gasteiger partial charge on any atom is -0.355 e. The fourth-order valence-corrected chi connectivity index (χ4v) is 3.43. The number of carbonyl (C=O) groups is 2. The maximum Gasteiger partial charge on any atom is 0.233 e. The topological polar surface area (TPSA) is 82.9 Å². The maximum atomic E-state index is 12.0. The number of hydrogen-bond donors (Lipinski definition) is 1. The summed E-state index contributed by atoms with van der Waals surface area (Å²) in [5, 5.41) is 12.4. The van der Waals surface area contributed by atoms with Crippen molar-refractivity contribution in [2.45, 2.75) is 43.4 Å². The smallest absolute Gasteiger partial charge is 0.233 e. The van der Waals surface area contributed by atoms with Crippen LogP contribution in [0.2, 0.25) is 0 Å². The van der Waals surface area contributed by atoms with Gasteiger partial charge in [-0.1, -0.05) is 18.2 Å². The highest BCUT2D eigenvalue weighted by molar-refractivity contribution is 8.00. The van der Waals surface area contributed by atoms with Crippen LogP contribution in [0.25, 0.3) is 0 Å². The Hall–Kier alpha value is -1.87. The van der Waals surface area contributed by atoms with Crippen molar-refractivity contribution in [2.24, 2.45) is 0 Å². The molecule has 1 aromatic rings. The van der Waals surface area contributed by atoms with Crippen molar-refractivity contribution in [3.05, 3.63) is 22.9 Å². The Morgan fingerprint density at radius 2 is 2.29 bits per heavy atom. The molecule has 0 radical (unpaired) electrons. The van der Waals surface area contributed by atoms with E-state index in [1.165, 1.54) is 18.7 Å². The molecule has 1 aliphatic heterocycles. The van der Waals surface area contributed by atoms with E-state index in [-0.39, 0.29) is 16.9 Å². The zero-order chi connectivity index (χ0) is 15.4. The number of pyridine rings is 1. The monoisotopic (exact) mass is 303 g/mol. The fraction of sp³-hybridized carbons (Fsp3) is 0.467. The number of ketones is 1. The summed E-state index contributed by atoms with van der Waals surface area (Å²) in [6.07, 6.45) is 2.73. The van der Waals surface area contributed by atoms with Gasteiger partial charge in [0.1, 0.15) is 11.1 Å². The van der Waals surface area contributed by atoms with Crippen molar-refractivity contribution < 1.29 is 9.59 Å². The quantitative estimate of drug-likeness (QED) is 0.866. The third kappa shape index (κ3) is 3.61. The van der Waals surface area contributed by atoms with E-state index < -0.39 is 0 Å². The van der Waals surface area contributed by atoms with E-state index in [0.717, 1.165) is 19.3 Å². The first-order chi connectivity index (χ1) is 10.0. The van der Waals surface area contributed by atoms with Crippen LogP contribution >= 0.6 is 11.8 Å². The van der Waals surface area contributed by atoms with Crippen molar-refractivity contribution in [3.63, 3.8) is 0 Å². The molecule has 1 fully saturated rings. The van der Waals surface area contributed by atoms with Crippen LogP contribution in [0.4, 0.5) is 0 Å². The Kier molecular flexibility index (Phi) is 4.97. The van der Waals surface area contributed by atoms with Crippen molar-refractivity contribution in [1.82, 2.24) is 10.3 Å². The van der Waals surface area contributed by atoms with Gasteiger partial charge in [-0.3, -0.25) is 9.59 Å². The molecule has 1 aromatic heterocycles. The van der Waals surface area contributed by atoms with Crippen LogP contribution in [0.1, 0.15) is 47.8 Å². The van der Waals surface area contributed by atoms with Crippen molar-refractivity contribution in [3.8, 4) is 6.07 Å². The molecule has 21 heavy (non-hydrogen) atoms. The first kappa shape index (κ1) is 15.5. The van der Waals surface area contributed by atoms with Gasteiger partial charge in [-0.2, -0.15) is 5.26 Å². The molecule has 110 valence electrons. The highest BCUT2D eigenvalue weighted by Crippen LogP contribution is 2.30. The second kappa shape index (κ2) is 6.72. The normalized spacial score (nSPS) is 18.5. The largest absolute Gasteiger partial charge is 0.355 e. The number of aryl methyl sites for hydroxylation is 1. The number of nitriles is 1. The van der Waals surface area contributed by atoms with E-state index in [4.69, 9.17) is 0 Å². The summed E-state index contributed by atoms with van der Waals surface area (Å²) < 4.78 is 0. The third-order valence-electron chi connectivity index (χ3n) is 3.42. The number of amides is 1. The highest BCUT2D eigenvalue weighted by Gasteiger charge is 2.24. The Bertz CT molecular complexity index is 622. The molecule has 2 heterocycles. The second-order valence-electron chi connectivity index (χ2n) is 5.04. The summed E-state index contributed by atoms with van der Waals surface area (Å²) in [6, 6.07) is 3.64. The number of nitrogens with zero attached hydrogens (tertiary/aromatic N) is 2. The zero-order valence-corrected chi connectivity index (χ0v) is 12.9. The molecule has 2 rings (SSSR count). The molecule has 0 aromatic carbocycles. The van der Waals surface area contributed by atoms with E-state index in [2.05, 4.69) is 16.4 Å². The van der Waals surface area contributed by atoms with Gasteiger partial charge in [0.25, 0.3) is 0 Å². The van der Waals surface area contributed by atoms with Gasteiger partial charge in [-0.15, -0.1) is 0 Å². The average molecular weight is 303 g/mol. The predicted octanol–water partition coefficient (Wildman–Crippen LogP) is 2.23.